The van der Waals surface area contributed by atoms with Crippen molar-refractivity contribution in [3.05, 3.63) is 41.9 Å². The molecule has 3 rings (SSSR count). The molecule has 1 aliphatic carbocycles. The maximum atomic E-state index is 12.5. The highest BCUT2D eigenvalue weighted by Gasteiger charge is 2.18. The van der Waals surface area contributed by atoms with Gasteiger partial charge in [-0.1, -0.05) is 31.4 Å². The van der Waals surface area contributed by atoms with E-state index in [0.717, 1.165) is 18.5 Å². The number of nitrogens with one attached hydrogen (secondary N) is 2. The van der Waals surface area contributed by atoms with Gasteiger partial charge >= 0.3 is 0 Å². The van der Waals surface area contributed by atoms with Gasteiger partial charge in [0, 0.05) is 12.1 Å². The van der Waals surface area contributed by atoms with Crippen molar-refractivity contribution in [2.75, 3.05) is 12.4 Å². The number of methoxy groups -OCH3 is 1. The lowest BCUT2D eigenvalue weighted by molar-refractivity contribution is 0.0922. The van der Waals surface area contributed by atoms with Crippen molar-refractivity contribution in [2.24, 2.45) is 0 Å². The zero-order valence-corrected chi connectivity index (χ0v) is 14.7. The van der Waals surface area contributed by atoms with Crippen LogP contribution in [0.4, 0.5) is 11.5 Å². The van der Waals surface area contributed by atoms with Crippen LogP contribution in [0.2, 0.25) is 0 Å². The number of carbonyl (C=O) groups excluding carboxylic acids is 1. The SMILES string of the molecule is COc1ccccc1Nc1cc(C(=O)NC2CCCCC2)nc(C)n1. The Hall–Kier alpha value is -2.63. The van der Waals surface area contributed by atoms with Crippen molar-refractivity contribution in [3.63, 3.8) is 0 Å². The van der Waals surface area contributed by atoms with Crippen molar-refractivity contribution >= 4 is 17.4 Å². The molecular weight excluding hydrogens is 316 g/mol. The molecule has 2 N–H and O–H groups in total. The van der Waals surface area contributed by atoms with E-state index in [1.54, 1.807) is 20.1 Å². The molecule has 0 saturated heterocycles. The summed E-state index contributed by atoms with van der Waals surface area (Å²) >= 11 is 0. The van der Waals surface area contributed by atoms with Crippen LogP contribution in [0, 0.1) is 6.92 Å². The maximum Gasteiger partial charge on any atom is 0.270 e. The number of para-hydroxylation sites is 2. The minimum atomic E-state index is -0.138. The zero-order valence-electron chi connectivity index (χ0n) is 14.7. The summed E-state index contributed by atoms with van der Waals surface area (Å²) < 4.78 is 5.34. The molecule has 132 valence electrons. The van der Waals surface area contributed by atoms with E-state index in [9.17, 15) is 4.79 Å². The van der Waals surface area contributed by atoms with Gasteiger partial charge in [0.25, 0.3) is 5.91 Å². The molecule has 0 spiro atoms. The predicted molar refractivity (Wildman–Crippen MR) is 97.4 cm³/mol. The van der Waals surface area contributed by atoms with Crippen molar-refractivity contribution < 1.29 is 9.53 Å². The highest BCUT2D eigenvalue weighted by atomic mass is 16.5. The predicted octanol–water partition coefficient (Wildman–Crippen LogP) is 3.60. The summed E-state index contributed by atoms with van der Waals surface area (Å²) in [4.78, 5) is 21.2. The summed E-state index contributed by atoms with van der Waals surface area (Å²) in [6, 6.07) is 9.51. The van der Waals surface area contributed by atoms with Gasteiger partial charge in [-0.25, -0.2) is 9.97 Å². The maximum absolute atomic E-state index is 12.5. The Morgan fingerprint density at radius 2 is 1.92 bits per heavy atom. The van der Waals surface area contributed by atoms with Crippen LogP contribution in [0.15, 0.2) is 30.3 Å². The van der Waals surface area contributed by atoms with Crippen molar-refractivity contribution in [3.8, 4) is 5.75 Å². The molecule has 25 heavy (non-hydrogen) atoms. The number of hydrogen-bond donors (Lipinski definition) is 2. The highest BCUT2D eigenvalue weighted by molar-refractivity contribution is 5.93. The van der Waals surface area contributed by atoms with Gasteiger partial charge in [0.1, 0.15) is 23.1 Å². The van der Waals surface area contributed by atoms with Crippen LogP contribution in [-0.2, 0) is 0 Å². The first kappa shape index (κ1) is 17.2. The fourth-order valence-electron chi connectivity index (χ4n) is 3.14. The Bertz CT molecular complexity index is 742. The Kier molecular flexibility index (Phi) is 5.48. The van der Waals surface area contributed by atoms with E-state index in [2.05, 4.69) is 20.6 Å². The summed E-state index contributed by atoms with van der Waals surface area (Å²) in [6.45, 7) is 1.78. The minimum absolute atomic E-state index is 0.138. The molecule has 0 bridgehead atoms. The number of hydrogen-bond acceptors (Lipinski definition) is 5. The summed E-state index contributed by atoms with van der Waals surface area (Å²) in [5.74, 6) is 1.70. The van der Waals surface area contributed by atoms with Gasteiger partial charge in [-0.15, -0.1) is 0 Å². The van der Waals surface area contributed by atoms with Crippen LogP contribution in [0.5, 0.6) is 5.75 Å². The number of anilines is 2. The van der Waals surface area contributed by atoms with Crippen LogP contribution in [0.3, 0.4) is 0 Å². The molecule has 0 aliphatic heterocycles. The lowest BCUT2D eigenvalue weighted by atomic mass is 9.95. The summed E-state index contributed by atoms with van der Waals surface area (Å²) in [6.07, 6.45) is 5.69. The second kappa shape index (κ2) is 7.96. The molecule has 0 radical (unpaired) electrons. The molecule has 1 fully saturated rings. The highest BCUT2D eigenvalue weighted by Crippen LogP contribution is 2.26. The quantitative estimate of drug-likeness (QED) is 0.870. The first-order chi connectivity index (χ1) is 12.2. The number of ether oxygens (including phenoxy) is 1. The molecule has 0 unspecified atom stereocenters. The fourth-order valence-corrected chi connectivity index (χ4v) is 3.14. The minimum Gasteiger partial charge on any atom is -0.495 e. The number of amides is 1. The molecule has 6 nitrogen and oxygen atoms in total. The molecule has 1 heterocycles. The zero-order chi connectivity index (χ0) is 17.6. The third-order valence-corrected chi connectivity index (χ3v) is 4.38. The Balaban J connectivity index is 1.76. The first-order valence-electron chi connectivity index (χ1n) is 8.72. The van der Waals surface area contributed by atoms with Crippen molar-refractivity contribution in [2.45, 2.75) is 45.1 Å². The lowest BCUT2D eigenvalue weighted by Gasteiger charge is -2.22. The van der Waals surface area contributed by atoms with Crippen LogP contribution in [-0.4, -0.2) is 29.0 Å². The number of benzene rings is 1. The summed E-state index contributed by atoms with van der Waals surface area (Å²) in [5.41, 5.74) is 1.18. The second-order valence-corrected chi connectivity index (χ2v) is 6.32. The van der Waals surface area contributed by atoms with Crippen molar-refractivity contribution in [1.29, 1.82) is 0 Å². The topological polar surface area (TPSA) is 76.1 Å². The molecule has 0 atom stereocenters. The van der Waals surface area contributed by atoms with E-state index in [1.165, 1.54) is 19.3 Å². The fraction of sp³-hybridized carbons (Fsp3) is 0.421. The molecule has 1 aliphatic rings. The third kappa shape index (κ3) is 4.47. The standard InChI is InChI=1S/C19H24N4O2/c1-13-20-16(19(24)22-14-8-4-3-5-9-14)12-18(21-13)23-15-10-6-7-11-17(15)25-2/h6-7,10-12,14H,3-5,8-9H2,1-2H3,(H,22,24)(H,20,21,23). The van der Waals surface area contributed by atoms with Gasteiger partial charge in [-0.05, 0) is 31.9 Å². The van der Waals surface area contributed by atoms with Crippen LogP contribution < -0.4 is 15.4 Å². The van der Waals surface area contributed by atoms with E-state index in [4.69, 9.17) is 4.74 Å². The second-order valence-electron chi connectivity index (χ2n) is 6.32. The van der Waals surface area contributed by atoms with Crippen molar-refractivity contribution in [1.82, 2.24) is 15.3 Å². The third-order valence-electron chi connectivity index (χ3n) is 4.38. The van der Waals surface area contributed by atoms with E-state index >= 15 is 0 Å². The molecule has 2 aromatic rings. The van der Waals surface area contributed by atoms with Gasteiger partial charge in [0.2, 0.25) is 0 Å². The van der Waals surface area contributed by atoms with E-state index in [1.807, 2.05) is 24.3 Å². The average Bonchev–Trinajstić information content (AvgIpc) is 2.62. The average molecular weight is 340 g/mol. The number of carbonyl (C=O) groups is 1. The number of aryl methyl sites for hydroxylation is 1. The smallest absolute Gasteiger partial charge is 0.270 e. The Labute approximate surface area is 148 Å². The molecule has 1 aromatic heterocycles. The van der Waals surface area contributed by atoms with Gasteiger partial charge in [-0.2, -0.15) is 0 Å². The van der Waals surface area contributed by atoms with Crippen LogP contribution in [0.25, 0.3) is 0 Å². The van der Waals surface area contributed by atoms with E-state index in [0.29, 0.717) is 23.1 Å². The van der Waals surface area contributed by atoms with E-state index < -0.39 is 0 Å². The number of nitrogens with zero attached hydrogens (tertiary/aromatic N) is 2. The largest absolute Gasteiger partial charge is 0.495 e. The van der Waals surface area contributed by atoms with Gasteiger partial charge in [0.05, 0.1) is 12.8 Å². The summed E-state index contributed by atoms with van der Waals surface area (Å²) in [7, 11) is 1.62. The summed E-state index contributed by atoms with van der Waals surface area (Å²) in [5, 5.41) is 6.30. The van der Waals surface area contributed by atoms with E-state index in [-0.39, 0.29) is 11.9 Å². The first-order valence-corrected chi connectivity index (χ1v) is 8.72. The number of rotatable bonds is 5. The van der Waals surface area contributed by atoms with Gasteiger partial charge < -0.3 is 15.4 Å². The number of aromatic nitrogens is 2. The monoisotopic (exact) mass is 340 g/mol. The Morgan fingerprint density at radius 1 is 1.16 bits per heavy atom. The Morgan fingerprint density at radius 3 is 2.68 bits per heavy atom. The van der Waals surface area contributed by atoms with Gasteiger partial charge in [0.15, 0.2) is 0 Å². The molecule has 1 amide bonds. The van der Waals surface area contributed by atoms with Crippen LogP contribution >= 0.6 is 0 Å². The normalized spacial score (nSPS) is 14.8. The lowest BCUT2D eigenvalue weighted by Crippen LogP contribution is -2.36. The molecule has 1 aromatic carbocycles. The molecule has 6 heteroatoms. The van der Waals surface area contributed by atoms with Crippen LogP contribution in [0.1, 0.15) is 48.4 Å². The molecule has 1 saturated carbocycles. The van der Waals surface area contributed by atoms with Gasteiger partial charge in [-0.3, -0.25) is 4.79 Å². The molecular formula is C19H24N4O2.